The molecule has 0 amide bonds. The maximum absolute atomic E-state index is 4.38. The highest BCUT2D eigenvalue weighted by atomic mass is 32.1. The van der Waals surface area contributed by atoms with Gasteiger partial charge in [0.15, 0.2) is 0 Å². The minimum Gasteiger partial charge on any atom is -0.311 e. The Hall–Kier alpha value is -0.450. The molecule has 0 radical (unpaired) electrons. The van der Waals surface area contributed by atoms with Crippen LogP contribution in [0.15, 0.2) is 6.20 Å². The molecule has 1 aliphatic heterocycles. The Labute approximate surface area is 108 Å². The lowest BCUT2D eigenvalue weighted by Gasteiger charge is -2.13. The van der Waals surface area contributed by atoms with E-state index in [-0.39, 0.29) is 0 Å². The highest BCUT2D eigenvalue weighted by Crippen LogP contribution is 2.16. The van der Waals surface area contributed by atoms with Crippen LogP contribution in [0.5, 0.6) is 0 Å². The summed E-state index contributed by atoms with van der Waals surface area (Å²) in [6.45, 7) is 10.3. The molecule has 0 saturated carbocycles. The maximum atomic E-state index is 4.38. The van der Waals surface area contributed by atoms with Crippen LogP contribution in [0, 0.1) is 5.92 Å². The van der Waals surface area contributed by atoms with Gasteiger partial charge in [0.1, 0.15) is 0 Å². The maximum Gasteiger partial charge on any atom is 0.0925 e. The highest BCUT2D eigenvalue weighted by molar-refractivity contribution is 7.11. The zero-order valence-corrected chi connectivity index (χ0v) is 11.7. The van der Waals surface area contributed by atoms with Gasteiger partial charge < -0.3 is 10.2 Å². The molecule has 1 fully saturated rings. The van der Waals surface area contributed by atoms with Gasteiger partial charge in [-0.2, -0.15) is 0 Å². The van der Waals surface area contributed by atoms with E-state index in [1.807, 2.05) is 17.5 Å². The van der Waals surface area contributed by atoms with Gasteiger partial charge in [-0.25, -0.2) is 4.98 Å². The summed E-state index contributed by atoms with van der Waals surface area (Å²) in [5, 5.41) is 4.82. The molecule has 0 aliphatic carbocycles. The van der Waals surface area contributed by atoms with Gasteiger partial charge in [0.25, 0.3) is 0 Å². The lowest BCUT2D eigenvalue weighted by Crippen LogP contribution is -2.25. The van der Waals surface area contributed by atoms with Gasteiger partial charge in [-0.15, -0.1) is 11.3 Å². The molecule has 1 aromatic rings. The Morgan fingerprint density at radius 2 is 2.41 bits per heavy atom. The van der Waals surface area contributed by atoms with E-state index in [0.717, 1.165) is 25.4 Å². The van der Waals surface area contributed by atoms with Crippen LogP contribution in [0.25, 0.3) is 0 Å². The van der Waals surface area contributed by atoms with Crippen molar-refractivity contribution in [3.05, 3.63) is 16.1 Å². The van der Waals surface area contributed by atoms with Crippen LogP contribution < -0.4 is 5.32 Å². The molecule has 96 valence electrons. The Morgan fingerprint density at radius 3 is 3.06 bits per heavy atom. The number of aryl methyl sites for hydroxylation is 1. The smallest absolute Gasteiger partial charge is 0.0925 e. The second-order valence-electron chi connectivity index (χ2n) is 4.75. The van der Waals surface area contributed by atoms with Crippen molar-refractivity contribution in [2.24, 2.45) is 5.92 Å². The molecule has 0 bridgehead atoms. The molecule has 3 nitrogen and oxygen atoms in total. The quantitative estimate of drug-likeness (QED) is 0.842. The lowest BCUT2D eigenvalue weighted by atomic mass is 10.1. The monoisotopic (exact) mass is 253 g/mol. The SMILES string of the molecule is CCc1ncc(CNCC2CCN(CC)C2)s1. The van der Waals surface area contributed by atoms with Crippen molar-refractivity contribution >= 4 is 11.3 Å². The van der Waals surface area contributed by atoms with Crippen LogP contribution in [0.3, 0.4) is 0 Å². The molecule has 1 aromatic heterocycles. The first-order valence-corrected chi connectivity index (χ1v) is 7.50. The van der Waals surface area contributed by atoms with Crippen molar-refractivity contribution in [1.29, 1.82) is 0 Å². The molecule has 1 atom stereocenters. The van der Waals surface area contributed by atoms with E-state index in [0.29, 0.717) is 0 Å². The Kier molecular flexibility index (Phi) is 4.95. The van der Waals surface area contributed by atoms with Crippen LogP contribution in [-0.2, 0) is 13.0 Å². The Balaban J connectivity index is 1.66. The number of likely N-dealkylation sites (tertiary alicyclic amines) is 1. The number of hydrogen-bond donors (Lipinski definition) is 1. The first-order chi connectivity index (χ1) is 8.31. The van der Waals surface area contributed by atoms with Crippen molar-refractivity contribution in [1.82, 2.24) is 15.2 Å². The van der Waals surface area contributed by atoms with Crippen LogP contribution in [0.2, 0.25) is 0 Å². The molecule has 1 aliphatic rings. The number of aromatic nitrogens is 1. The van der Waals surface area contributed by atoms with Crippen LogP contribution in [-0.4, -0.2) is 36.1 Å². The molecule has 2 rings (SSSR count). The van der Waals surface area contributed by atoms with Crippen molar-refractivity contribution in [3.63, 3.8) is 0 Å². The van der Waals surface area contributed by atoms with Gasteiger partial charge in [-0.1, -0.05) is 13.8 Å². The zero-order chi connectivity index (χ0) is 12.1. The molecule has 0 aromatic carbocycles. The van der Waals surface area contributed by atoms with Gasteiger partial charge >= 0.3 is 0 Å². The van der Waals surface area contributed by atoms with Gasteiger partial charge in [0.05, 0.1) is 5.01 Å². The summed E-state index contributed by atoms with van der Waals surface area (Å²) < 4.78 is 0. The number of nitrogens with one attached hydrogen (secondary N) is 1. The molecular weight excluding hydrogens is 230 g/mol. The number of hydrogen-bond acceptors (Lipinski definition) is 4. The van der Waals surface area contributed by atoms with E-state index in [1.165, 1.54) is 35.9 Å². The lowest BCUT2D eigenvalue weighted by molar-refractivity contribution is 0.339. The molecule has 1 unspecified atom stereocenters. The predicted octanol–water partition coefficient (Wildman–Crippen LogP) is 2.14. The second-order valence-corrected chi connectivity index (χ2v) is 5.95. The number of nitrogens with zero attached hydrogens (tertiary/aromatic N) is 2. The summed E-state index contributed by atoms with van der Waals surface area (Å²) in [5.41, 5.74) is 0. The molecule has 4 heteroatoms. The predicted molar refractivity (Wildman–Crippen MR) is 73.4 cm³/mol. The summed E-state index contributed by atoms with van der Waals surface area (Å²) >= 11 is 1.84. The van der Waals surface area contributed by atoms with Crippen LogP contribution in [0.4, 0.5) is 0 Å². The minimum atomic E-state index is 0.841. The zero-order valence-electron chi connectivity index (χ0n) is 10.9. The van der Waals surface area contributed by atoms with Gasteiger partial charge in [0, 0.05) is 24.2 Å². The minimum absolute atomic E-state index is 0.841. The molecule has 0 spiro atoms. The molecule has 1 saturated heterocycles. The summed E-state index contributed by atoms with van der Waals surface area (Å²) in [4.78, 5) is 8.28. The first kappa shape index (κ1) is 13.0. The van der Waals surface area contributed by atoms with Crippen LogP contribution >= 0.6 is 11.3 Å². The average Bonchev–Trinajstić information content (AvgIpc) is 2.97. The fourth-order valence-corrected chi connectivity index (χ4v) is 3.19. The van der Waals surface area contributed by atoms with Crippen molar-refractivity contribution in [2.45, 2.75) is 33.2 Å². The summed E-state index contributed by atoms with van der Waals surface area (Å²) in [6, 6.07) is 0. The van der Waals surface area contributed by atoms with Gasteiger partial charge in [0.2, 0.25) is 0 Å². The van der Waals surface area contributed by atoms with Crippen molar-refractivity contribution in [3.8, 4) is 0 Å². The first-order valence-electron chi connectivity index (χ1n) is 6.68. The van der Waals surface area contributed by atoms with E-state index in [4.69, 9.17) is 0 Å². The van der Waals surface area contributed by atoms with E-state index in [2.05, 4.69) is 29.0 Å². The summed E-state index contributed by atoms with van der Waals surface area (Å²) in [6.07, 6.45) is 4.42. The molecular formula is C13H23N3S. The average molecular weight is 253 g/mol. The standard InChI is InChI=1S/C13H23N3S/c1-3-13-15-9-12(17-13)8-14-7-11-5-6-16(4-2)10-11/h9,11,14H,3-8,10H2,1-2H3. The summed E-state index contributed by atoms with van der Waals surface area (Å²) in [7, 11) is 0. The largest absolute Gasteiger partial charge is 0.311 e. The molecule has 17 heavy (non-hydrogen) atoms. The Morgan fingerprint density at radius 1 is 1.53 bits per heavy atom. The number of rotatable bonds is 6. The van der Waals surface area contributed by atoms with Gasteiger partial charge in [-0.05, 0) is 38.4 Å². The molecule has 2 heterocycles. The third-order valence-corrected chi connectivity index (χ3v) is 4.59. The molecule has 1 N–H and O–H groups in total. The van der Waals surface area contributed by atoms with Crippen molar-refractivity contribution in [2.75, 3.05) is 26.2 Å². The normalized spacial score (nSPS) is 21.2. The third kappa shape index (κ3) is 3.76. The van der Waals surface area contributed by atoms with E-state index >= 15 is 0 Å². The highest BCUT2D eigenvalue weighted by Gasteiger charge is 2.20. The van der Waals surface area contributed by atoms with E-state index in [1.54, 1.807) is 0 Å². The Bertz CT molecular complexity index is 337. The van der Waals surface area contributed by atoms with E-state index in [9.17, 15) is 0 Å². The number of thiazole rings is 1. The van der Waals surface area contributed by atoms with Crippen molar-refractivity contribution < 1.29 is 0 Å². The fourth-order valence-electron chi connectivity index (χ4n) is 2.36. The topological polar surface area (TPSA) is 28.2 Å². The summed E-state index contributed by atoms with van der Waals surface area (Å²) in [5.74, 6) is 0.841. The van der Waals surface area contributed by atoms with E-state index < -0.39 is 0 Å². The van der Waals surface area contributed by atoms with Crippen LogP contribution in [0.1, 0.15) is 30.2 Å². The fraction of sp³-hybridized carbons (Fsp3) is 0.769. The second kappa shape index (κ2) is 6.47. The third-order valence-electron chi connectivity index (χ3n) is 3.45. The van der Waals surface area contributed by atoms with Gasteiger partial charge in [-0.3, -0.25) is 0 Å².